The first-order valence-electron chi connectivity index (χ1n) is 6.53. The van der Waals surface area contributed by atoms with E-state index in [0.717, 1.165) is 11.3 Å². The first-order chi connectivity index (χ1) is 9.06. The molecule has 0 radical (unpaired) electrons. The Morgan fingerprint density at radius 3 is 2.37 bits per heavy atom. The molecule has 0 saturated carbocycles. The predicted molar refractivity (Wildman–Crippen MR) is 77.3 cm³/mol. The van der Waals surface area contributed by atoms with Crippen LogP contribution in [-0.4, -0.2) is 5.11 Å². The van der Waals surface area contributed by atoms with Crippen LogP contribution in [0, 0.1) is 13.8 Å². The molecule has 0 heterocycles. The number of hydrogen-bond donors (Lipinski definition) is 1. The largest absolute Gasteiger partial charge is 0.489 e. The van der Waals surface area contributed by atoms with Gasteiger partial charge >= 0.3 is 0 Å². The first kappa shape index (κ1) is 13.6. The minimum atomic E-state index is -0.437. The first-order valence-corrected chi connectivity index (χ1v) is 6.53. The molecule has 0 aliphatic carbocycles. The molecule has 1 N–H and O–H groups in total. The zero-order chi connectivity index (χ0) is 13.8. The fraction of sp³-hybridized carbons (Fsp3) is 0.294. The lowest BCUT2D eigenvalue weighted by molar-refractivity contribution is 0.199. The SMILES string of the molecule is Cc1ccc(C)c(COc2ccc([C@@H](C)O)cc2)c1. The Morgan fingerprint density at radius 1 is 1.05 bits per heavy atom. The number of aliphatic hydroxyl groups excluding tert-OH is 1. The van der Waals surface area contributed by atoms with Gasteiger partial charge in [-0.15, -0.1) is 0 Å². The van der Waals surface area contributed by atoms with E-state index in [-0.39, 0.29) is 0 Å². The van der Waals surface area contributed by atoms with E-state index in [1.165, 1.54) is 16.7 Å². The van der Waals surface area contributed by atoms with Gasteiger partial charge in [0.05, 0.1) is 6.10 Å². The molecular weight excluding hydrogens is 236 g/mol. The fourth-order valence-corrected chi connectivity index (χ4v) is 1.96. The van der Waals surface area contributed by atoms with Crippen molar-refractivity contribution in [3.8, 4) is 5.75 Å². The number of benzene rings is 2. The van der Waals surface area contributed by atoms with E-state index in [1.807, 2.05) is 24.3 Å². The summed E-state index contributed by atoms with van der Waals surface area (Å²) in [5.74, 6) is 0.824. The van der Waals surface area contributed by atoms with Crippen molar-refractivity contribution in [2.75, 3.05) is 0 Å². The fourth-order valence-electron chi connectivity index (χ4n) is 1.96. The van der Waals surface area contributed by atoms with Gasteiger partial charge in [-0.25, -0.2) is 0 Å². The Morgan fingerprint density at radius 2 is 1.74 bits per heavy atom. The van der Waals surface area contributed by atoms with Gasteiger partial charge in [0.2, 0.25) is 0 Å². The van der Waals surface area contributed by atoms with Crippen molar-refractivity contribution in [3.63, 3.8) is 0 Å². The number of aliphatic hydroxyl groups is 1. The molecule has 0 aliphatic rings. The predicted octanol–water partition coefficient (Wildman–Crippen LogP) is 3.94. The Kier molecular flexibility index (Phi) is 4.23. The summed E-state index contributed by atoms with van der Waals surface area (Å²) >= 11 is 0. The third kappa shape index (κ3) is 3.58. The maximum absolute atomic E-state index is 9.45. The second kappa shape index (κ2) is 5.89. The summed E-state index contributed by atoms with van der Waals surface area (Å²) in [6.07, 6.45) is -0.437. The van der Waals surface area contributed by atoms with Crippen LogP contribution in [0.15, 0.2) is 42.5 Å². The normalized spacial score (nSPS) is 12.2. The lowest BCUT2D eigenvalue weighted by Gasteiger charge is -2.11. The number of aryl methyl sites for hydroxylation is 2. The zero-order valence-electron chi connectivity index (χ0n) is 11.7. The van der Waals surface area contributed by atoms with E-state index in [4.69, 9.17) is 4.74 Å². The van der Waals surface area contributed by atoms with Crippen LogP contribution >= 0.6 is 0 Å². The number of ether oxygens (including phenoxy) is 1. The highest BCUT2D eigenvalue weighted by Gasteiger charge is 2.03. The monoisotopic (exact) mass is 256 g/mol. The van der Waals surface area contributed by atoms with Gasteiger partial charge in [-0.1, -0.05) is 35.9 Å². The van der Waals surface area contributed by atoms with Crippen LogP contribution in [0.2, 0.25) is 0 Å². The topological polar surface area (TPSA) is 29.5 Å². The van der Waals surface area contributed by atoms with Crippen molar-refractivity contribution in [1.29, 1.82) is 0 Å². The van der Waals surface area contributed by atoms with E-state index in [9.17, 15) is 5.11 Å². The van der Waals surface area contributed by atoms with Crippen LogP contribution in [0.1, 0.15) is 35.3 Å². The molecule has 100 valence electrons. The van der Waals surface area contributed by atoms with Gasteiger partial charge in [-0.3, -0.25) is 0 Å². The molecule has 0 fully saturated rings. The Labute approximate surface area is 114 Å². The third-order valence-corrected chi connectivity index (χ3v) is 3.26. The van der Waals surface area contributed by atoms with Crippen LogP contribution in [-0.2, 0) is 6.61 Å². The summed E-state index contributed by atoms with van der Waals surface area (Å²) in [5, 5.41) is 9.45. The van der Waals surface area contributed by atoms with Gasteiger partial charge < -0.3 is 9.84 Å². The van der Waals surface area contributed by atoms with E-state index in [1.54, 1.807) is 6.92 Å². The van der Waals surface area contributed by atoms with Crippen molar-refractivity contribution in [3.05, 3.63) is 64.7 Å². The van der Waals surface area contributed by atoms with Gasteiger partial charge in [-0.05, 0) is 49.6 Å². The molecule has 0 spiro atoms. The van der Waals surface area contributed by atoms with Gasteiger partial charge in [0, 0.05) is 0 Å². The van der Waals surface area contributed by atoms with Crippen molar-refractivity contribution in [2.24, 2.45) is 0 Å². The second-order valence-corrected chi connectivity index (χ2v) is 4.96. The van der Waals surface area contributed by atoms with Gasteiger partial charge in [0.15, 0.2) is 0 Å². The van der Waals surface area contributed by atoms with E-state index in [2.05, 4.69) is 32.0 Å². The van der Waals surface area contributed by atoms with Crippen LogP contribution in [0.25, 0.3) is 0 Å². The molecule has 1 atom stereocenters. The molecule has 2 rings (SSSR count). The lowest BCUT2D eigenvalue weighted by atomic mass is 10.1. The summed E-state index contributed by atoms with van der Waals surface area (Å²) in [6.45, 7) is 6.50. The molecular formula is C17H20O2. The van der Waals surface area contributed by atoms with Crippen molar-refractivity contribution < 1.29 is 9.84 Å². The van der Waals surface area contributed by atoms with Crippen molar-refractivity contribution >= 4 is 0 Å². The van der Waals surface area contributed by atoms with Crippen molar-refractivity contribution in [1.82, 2.24) is 0 Å². The van der Waals surface area contributed by atoms with Crippen LogP contribution in [0.5, 0.6) is 5.75 Å². The Hall–Kier alpha value is -1.80. The average Bonchev–Trinajstić information content (AvgIpc) is 2.40. The molecule has 2 aromatic carbocycles. The van der Waals surface area contributed by atoms with Gasteiger partial charge in [0.1, 0.15) is 12.4 Å². The van der Waals surface area contributed by atoms with E-state index < -0.39 is 6.10 Å². The summed E-state index contributed by atoms with van der Waals surface area (Å²) in [7, 11) is 0. The highest BCUT2D eigenvalue weighted by molar-refractivity contribution is 5.32. The highest BCUT2D eigenvalue weighted by atomic mass is 16.5. The second-order valence-electron chi connectivity index (χ2n) is 4.96. The third-order valence-electron chi connectivity index (χ3n) is 3.26. The molecule has 2 aromatic rings. The molecule has 0 saturated heterocycles. The molecule has 0 bridgehead atoms. The molecule has 2 heteroatoms. The molecule has 2 nitrogen and oxygen atoms in total. The van der Waals surface area contributed by atoms with Gasteiger partial charge in [0.25, 0.3) is 0 Å². The maximum Gasteiger partial charge on any atom is 0.119 e. The summed E-state index contributed by atoms with van der Waals surface area (Å²) in [6, 6.07) is 14.0. The van der Waals surface area contributed by atoms with Crippen LogP contribution in [0.4, 0.5) is 0 Å². The van der Waals surface area contributed by atoms with E-state index in [0.29, 0.717) is 6.61 Å². The van der Waals surface area contributed by atoms with Gasteiger partial charge in [-0.2, -0.15) is 0 Å². The minimum Gasteiger partial charge on any atom is -0.489 e. The number of hydrogen-bond acceptors (Lipinski definition) is 2. The minimum absolute atomic E-state index is 0.437. The summed E-state index contributed by atoms with van der Waals surface area (Å²) < 4.78 is 5.78. The zero-order valence-corrected chi connectivity index (χ0v) is 11.7. The highest BCUT2D eigenvalue weighted by Crippen LogP contribution is 2.19. The molecule has 0 amide bonds. The quantitative estimate of drug-likeness (QED) is 0.898. The van der Waals surface area contributed by atoms with Crippen LogP contribution in [0.3, 0.4) is 0 Å². The number of rotatable bonds is 4. The van der Waals surface area contributed by atoms with Crippen molar-refractivity contribution in [2.45, 2.75) is 33.5 Å². The smallest absolute Gasteiger partial charge is 0.119 e. The summed E-state index contributed by atoms with van der Waals surface area (Å²) in [5.41, 5.74) is 4.60. The molecule has 0 aromatic heterocycles. The summed E-state index contributed by atoms with van der Waals surface area (Å²) in [4.78, 5) is 0. The maximum atomic E-state index is 9.45. The Balaban J connectivity index is 2.04. The average molecular weight is 256 g/mol. The van der Waals surface area contributed by atoms with E-state index >= 15 is 0 Å². The lowest BCUT2D eigenvalue weighted by Crippen LogP contribution is -1.99. The Bertz CT molecular complexity index is 542. The standard InChI is InChI=1S/C17H20O2/c1-12-4-5-13(2)16(10-12)11-19-17-8-6-15(7-9-17)14(3)18/h4-10,14,18H,11H2,1-3H3/t14-/m1/s1. The molecule has 19 heavy (non-hydrogen) atoms. The van der Waals surface area contributed by atoms with Crippen LogP contribution < -0.4 is 4.74 Å². The molecule has 0 aliphatic heterocycles. The molecule has 0 unspecified atom stereocenters.